The van der Waals surface area contributed by atoms with Gasteiger partial charge >= 0.3 is 0 Å². The first-order chi connectivity index (χ1) is 13.7. The van der Waals surface area contributed by atoms with Gasteiger partial charge < -0.3 is 9.88 Å². The van der Waals surface area contributed by atoms with Gasteiger partial charge in [-0.25, -0.2) is 4.98 Å². The maximum atomic E-state index is 11.2. The van der Waals surface area contributed by atoms with Crippen molar-refractivity contribution in [1.82, 2.24) is 14.5 Å². The number of imidazole rings is 1. The lowest BCUT2D eigenvalue weighted by Crippen LogP contribution is -2.11. The van der Waals surface area contributed by atoms with E-state index >= 15 is 0 Å². The number of anilines is 1. The second kappa shape index (κ2) is 7.87. The Labute approximate surface area is 161 Å². The third-order valence-corrected chi connectivity index (χ3v) is 4.65. The fraction of sp³-hybridized carbons (Fsp3) is 0.143. The van der Waals surface area contributed by atoms with Crippen molar-refractivity contribution in [3.63, 3.8) is 0 Å². The van der Waals surface area contributed by atoms with Crippen molar-refractivity contribution >= 4 is 22.1 Å². The maximum absolute atomic E-state index is 11.2. The lowest BCUT2D eigenvalue weighted by atomic mass is 10.1. The van der Waals surface area contributed by atoms with Gasteiger partial charge in [0.2, 0.25) is 0 Å². The molecular weight excluding hydrogens is 354 g/mol. The van der Waals surface area contributed by atoms with Crippen LogP contribution in [0.2, 0.25) is 0 Å². The summed E-state index contributed by atoms with van der Waals surface area (Å²) in [4.78, 5) is 19.3. The average molecular weight is 373 g/mol. The van der Waals surface area contributed by atoms with E-state index in [9.17, 15) is 10.1 Å². The minimum atomic E-state index is -0.381. The van der Waals surface area contributed by atoms with Crippen LogP contribution in [0.4, 0.5) is 11.4 Å². The highest BCUT2D eigenvalue weighted by atomic mass is 16.6. The van der Waals surface area contributed by atoms with Crippen LogP contribution in [0.3, 0.4) is 0 Å². The molecule has 0 saturated heterocycles. The average Bonchev–Trinajstić information content (AvgIpc) is 3.15. The SMILES string of the molecule is O=[N+]([O-])c1ccc(NCCc2nccn2Cc2ccccc2)c2ccncc12. The number of nitrogens with zero attached hydrogens (tertiary/aromatic N) is 4. The molecule has 0 radical (unpaired) electrons. The Hall–Kier alpha value is -3.74. The summed E-state index contributed by atoms with van der Waals surface area (Å²) in [6.45, 7) is 1.45. The maximum Gasteiger partial charge on any atom is 0.278 e. The monoisotopic (exact) mass is 373 g/mol. The Morgan fingerprint density at radius 1 is 1.04 bits per heavy atom. The Morgan fingerprint density at radius 2 is 1.89 bits per heavy atom. The van der Waals surface area contributed by atoms with E-state index in [0.29, 0.717) is 11.9 Å². The molecule has 0 unspecified atom stereocenters. The summed E-state index contributed by atoms with van der Waals surface area (Å²) in [6, 6.07) is 15.3. The number of hydrogen-bond acceptors (Lipinski definition) is 5. The lowest BCUT2D eigenvalue weighted by Gasteiger charge is -2.11. The minimum Gasteiger partial charge on any atom is -0.384 e. The first kappa shape index (κ1) is 17.7. The topological polar surface area (TPSA) is 85.9 Å². The van der Waals surface area contributed by atoms with Crippen LogP contribution in [0.25, 0.3) is 10.8 Å². The standard InChI is InChI=1S/C21H19N5O2/c27-26(28)20-7-6-19(17-8-10-22-14-18(17)20)23-11-9-21-24-12-13-25(21)15-16-4-2-1-3-5-16/h1-8,10,12-14,23H,9,11,15H2. The number of nitrogens with one attached hydrogen (secondary N) is 1. The molecule has 0 spiro atoms. The fourth-order valence-corrected chi connectivity index (χ4v) is 3.29. The molecule has 0 fully saturated rings. The molecule has 0 bridgehead atoms. The second-order valence-corrected chi connectivity index (χ2v) is 6.44. The Kier molecular flexibility index (Phi) is 4.97. The van der Waals surface area contributed by atoms with E-state index in [2.05, 4.69) is 32.0 Å². The summed E-state index contributed by atoms with van der Waals surface area (Å²) < 4.78 is 2.13. The molecule has 4 aromatic rings. The zero-order valence-corrected chi connectivity index (χ0v) is 15.2. The molecular formula is C21H19N5O2. The van der Waals surface area contributed by atoms with Gasteiger partial charge in [-0.15, -0.1) is 0 Å². The molecule has 0 saturated carbocycles. The summed E-state index contributed by atoms with van der Waals surface area (Å²) in [5.74, 6) is 0.990. The van der Waals surface area contributed by atoms with Crippen molar-refractivity contribution in [1.29, 1.82) is 0 Å². The van der Waals surface area contributed by atoms with E-state index in [4.69, 9.17) is 0 Å². The Bertz CT molecular complexity index is 1110. The Morgan fingerprint density at radius 3 is 2.71 bits per heavy atom. The third kappa shape index (κ3) is 3.68. The highest BCUT2D eigenvalue weighted by Gasteiger charge is 2.14. The van der Waals surface area contributed by atoms with Gasteiger partial charge in [0.05, 0.1) is 10.3 Å². The number of hydrogen-bond donors (Lipinski definition) is 1. The number of non-ortho nitro benzene ring substituents is 1. The van der Waals surface area contributed by atoms with Gasteiger partial charge in [0.1, 0.15) is 5.82 Å². The number of nitro groups is 1. The Balaban J connectivity index is 1.48. The molecule has 1 N–H and O–H groups in total. The first-order valence-corrected chi connectivity index (χ1v) is 9.01. The van der Waals surface area contributed by atoms with Gasteiger partial charge in [-0.05, 0) is 17.7 Å². The van der Waals surface area contributed by atoms with E-state index in [1.165, 1.54) is 17.8 Å². The lowest BCUT2D eigenvalue weighted by molar-refractivity contribution is -0.383. The van der Waals surface area contributed by atoms with Crippen molar-refractivity contribution in [2.45, 2.75) is 13.0 Å². The molecule has 0 amide bonds. The number of aromatic nitrogens is 3. The molecule has 4 rings (SSSR count). The molecule has 140 valence electrons. The summed E-state index contributed by atoms with van der Waals surface area (Å²) in [5.41, 5.74) is 2.14. The summed E-state index contributed by atoms with van der Waals surface area (Å²) in [7, 11) is 0. The molecule has 7 heteroatoms. The van der Waals surface area contributed by atoms with Gasteiger partial charge in [0, 0.05) is 61.4 Å². The molecule has 0 aliphatic heterocycles. The quantitative estimate of drug-likeness (QED) is 0.390. The van der Waals surface area contributed by atoms with Gasteiger partial charge in [0.15, 0.2) is 0 Å². The molecule has 0 aliphatic rings. The van der Waals surface area contributed by atoms with Crippen LogP contribution >= 0.6 is 0 Å². The van der Waals surface area contributed by atoms with Crippen molar-refractivity contribution in [3.05, 3.63) is 94.8 Å². The second-order valence-electron chi connectivity index (χ2n) is 6.44. The highest BCUT2D eigenvalue weighted by molar-refractivity contribution is 5.99. The molecule has 2 aromatic carbocycles. The van der Waals surface area contributed by atoms with Crippen molar-refractivity contribution in [2.75, 3.05) is 11.9 Å². The van der Waals surface area contributed by atoms with Crippen LogP contribution in [0.15, 0.2) is 73.3 Å². The number of pyridine rings is 1. The van der Waals surface area contributed by atoms with Gasteiger partial charge in [0.25, 0.3) is 5.69 Å². The van der Waals surface area contributed by atoms with Gasteiger partial charge in [-0.1, -0.05) is 30.3 Å². The number of rotatable bonds is 7. The highest BCUT2D eigenvalue weighted by Crippen LogP contribution is 2.30. The van der Waals surface area contributed by atoms with Gasteiger partial charge in [-0.3, -0.25) is 15.1 Å². The first-order valence-electron chi connectivity index (χ1n) is 9.01. The zero-order chi connectivity index (χ0) is 19.3. The smallest absolute Gasteiger partial charge is 0.278 e. The van der Waals surface area contributed by atoms with E-state index in [0.717, 1.165) is 29.9 Å². The molecule has 0 aliphatic carbocycles. The van der Waals surface area contributed by atoms with Crippen molar-refractivity contribution < 1.29 is 4.92 Å². The third-order valence-electron chi connectivity index (χ3n) is 4.65. The van der Waals surface area contributed by atoms with Gasteiger partial charge in [-0.2, -0.15) is 0 Å². The van der Waals surface area contributed by atoms with Crippen LogP contribution in [0.5, 0.6) is 0 Å². The number of fused-ring (bicyclic) bond motifs is 1. The molecule has 28 heavy (non-hydrogen) atoms. The van der Waals surface area contributed by atoms with Crippen LogP contribution in [0, 0.1) is 10.1 Å². The number of nitro benzene ring substituents is 1. The van der Waals surface area contributed by atoms with E-state index in [-0.39, 0.29) is 10.6 Å². The largest absolute Gasteiger partial charge is 0.384 e. The molecule has 2 aromatic heterocycles. The van der Waals surface area contributed by atoms with E-state index in [1.807, 2.05) is 30.6 Å². The predicted octanol–water partition coefficient (Wildman–Crippen LogP) is 4.04. The normalized spacial score (nSPS) is 10.9. The van der Waals surface area contributed by atoms with E-state index in [1.54, 1.807) is 18.3 Å². The van der Waals surface area contributed by atoms with E-state index < -0.39 is 0 Å². The van der Waals surface area contributed by atoms with Crippen LogP contribution in [0.1, 0.15) is 11.4 Å². The summed E-state index contributed by atoms with van der Waals surface area (Å²) in [5, 5.41) is 15.9. The summed E-state index contributed by atoms with van der Waals surface area (Å²) in [6.07, 6.45) is 7.71. The van der Waals surface area contributed by atoms with Crippen LogP contribution in [-0.4, -0.2) is 26.0 Å². The summed E-state index contributed by atoms with van der Waals surface area (Å²) >= 11 is 0. The zero-order valence-electron chi connectivity index (χ0n) is 15.2. The molecule has 7 nitrogen and oxygen atoms in total. The fourth-order valence-electron chi connectivity index (χ4n) is 3.29. The molecule has 2 heterocycles. The van der Waals surface area contributed by atoms with Crippen LogP contribution in [-0.2, 0) is 13.0 Å². The van der Waals surface area contributed by atoms with Crippen LogP contribution < -0.4 is 5.32 Å². The van der Waals surface area contributed by atoms with Crippen molar-refractivity contribution in [2.24, 2.45) is 0 Å². The van der Waals surface area contributed by atoms with Crippen molar-refractivity contribution in [3.8, 4) is 0 Å². The molecule has 0 atom stereocenters. The minimum absolute atomic E-state index is 0.0621. The predicted molar refractivity (Wildman–Crippen MR) is 108 cm³/mol. The number of benzene rings is 2.